The van der Waals surface area contributed by atoms with Crippen LogP contribution in [0.25, 0.3) is 22.1 Å². The monoisotopic (exact) mass is 377 g/mol. The van der Waals surface area contributed by atoms with Gasteiger partial charge in [-0.05, 0) is 43.7 Å². The third kappa shape index (κ3) is 2.98. The zero-order chi connectivity index (χ0) is 19.8. The number of amides is 1. The first kappa shape index (κ1) is 17.7. The Balaban J connectivity index is 1.67. The highest BCUT2D eigenvalue weighted by molar-refractivity contribution is 6.06. The van der Waals surface area contributed by atoms with Crippen molar-refractivity contribution in [2.45, 2.75) is 13.8 Å². The highest BCUT2D eigenvalue weighted by Gasteiger charge is 2.15. The van der Waals surface area contributed by atoms with Crippen LogP contribution in [0.4, 0.5) is 5.95 Å². The van der Waals surface area contributed by atoms with Gasteiger partial charge in [0.15, 0.2) is 17.1 Å². The van der Waals surface area contributed by atoms with Crippen LogP contribution in [0.2, 0.25) is 0 Å². The molecule has 0 aliphatic carbocycles. The number of carbonyl (C=O) groups excluding carboxylic acids is 1. The number of rotatable bonds is 4. The summed E-state index contributed by atoms with van der Waals surface area (Å²) in [5.41, 5.74) is 4.84. The molecule has 4 rings (SSSR count). The number of fused-ring (bicyclic) bond motifs is 3. The molecule has 0 radical (unpaired) electrons. The van der Waals surface area contributed by atoms with E-state index in [1.165, 1.54) is 14.2 Å². The van der Waals surface area contributed by atoms with Gasteiger partial charge in [0.1, 0.15) is 5.52 Å². The summed E-state index contributed by atoms with van der Waals surface area (Å²) in [6, 6.07) is 9.02. The van der Waals surface area contributed by atoms with Gasteiger partial charge < -0.3 is 14.5 Å². The van der Waals surface area contributed by atoms with Crippen LogP contribution in [0, 0.1) is 13.8 Å². The second kappa shape index (κ2) is 6.80. The predicted octanol–water partition coefficient (Wildman–Crippen LogP) is 3.39. The molecule has 142 valence electrons. The standard InChI is InChI=1S/C20H19N5O3/c1-10-7-11(2)16-13(8-10)17-18(21-16)22-20(25-24-17)23-19(26)12-5-6-14(27-3)15(9-12)28-4/h5-9H,1-4H3,(H2,21,22,23,25,26). The number of aryl methyl sites for hydroxylation is 2. The van der Waals surface area contributed by atoms with E-state index in [4.69, 9.17) is 9.47 Å². The van der Waals surface area contributed by atoms with Crippen molar-refractivity contribution in [2.24, 2.45) is 0 Å². The van der Waals surface area contributed by atoms with E-state index in [0.29, 0.717) is 28.2 Å². The number of benzene rings is 2. The van der Waals surface area contributed by atoms with E-state index >= 15 is 0 Å². The number of anilines is 1. The minimum Gasteiger partial charge on any atom is -0.493 e. The molecule has 0 unspecified atom stereocenters. The lowest BCUT2D eigenvalue weighted by molar-refractivity contribution is 0.102. The van der Waals surface area contributed by atoms with Crippen molar-refractivity contribution in [3.05, 3.63) is 47.0 Å². The third-order valence-corrected chi connectivity index (χ3v) is 4.54. The molecule has 8 nitrogen and oxygen atoms in total. The molecule has 0 aliphatic heterocycles. The smallest absolute Gasteiger partial charge is 0.258 e. The number of nitrogens with zero attached hydrogens (tertiary/aromatic N) is 3. The topological polar surface area (TPSA) is 102 Å². The second-order valence-corrected chi connectivity index (χ2v) is 6.49. The molecule has 4 aromatic rings. The van der Waals surface area contributed by atoms with Crippen LogP contribution in [0.15, 0.2) is 30.3 Å². The van der Waals surface area contributed by atoms with Crippen LogP contribution in [-0.2, 0) is 0 Å². The number of ether oxygens (including phenoxy) is 2. The Hall–Kier alpha value is -3.68. The Morgan fingerprint density at radius 1 is 1.04 bits per heavy atom. The lowest BCUT2D eigenvalue weighted by Crippen LogP contribution is -2.15. The summed E-state index contributed by atoms with van der Waals surface area (Å²) in [7, 11) is 3.05. The molecule has 0 spiro atoms. The van der Waals surface area contributed by atoms with E-state index in [2.05, 4.69) is 31.5 Å². The highest BCUT2D eigenvalue weighted by atomic mass is 16.5. The van der Waals surface area contributed by atoms with Crippen LogP contribution < -0.4 is 14.8 Å². The lowest BCUT2D eigenvalue weighted by Gasteiger charge is -2.09. The van der Waals surface area contributed by atoms with Gasteiger partial charge >= 0.3 is 0 Å². The third-order valence-electron chi connectivity index (χ3n) is 4.54. The van der Waals surface area contributed by atoms with Gasteiger partial charge in [-0.25, -0.2) is 0 Å². The van der Waals surface area contributed by atoms with E-state index in [-0.39, 0.29) is 11.9 Å². The quantitative estimate of drug-likeness (QED) is 0.565. The number of nitrogens with one attached hydrogen (secondary N) is 2. The van der Waals surface area contributed by atoms with Crippen molar-refractivity contribution in [2.75, 3.05) is 19.5 Å². The Bertz CT molecular complexity index is 1220. The number of carbonyl (C=O) groups is 1. The van der Waals surface area contributed by atoms with E-state index < -0.39 is 0 Å². The minimum absolute atomic E-state index is 0.119. The molecule has 2 heterocycles. The maximum Gasteiger partial charge on any atom is 0.258 e. The fourth-order valence-corrected chi connectivity index (χ4v) is 3.24. The summed E-state index contributed by atoms with van der Waals surface area (Å²) in [6.45, 7) is 4.06. The zero-order valence-electron chi connectivity index (χ0n) is 16.0. The largest absolute Gasteiger partial charge is 0.493 e. The van der Waals surface area contributed by atoms with Gasteiger partial charge in [0.2, 0.25) is 0 Å². The molecule has 0 fully saturated rings. The van der Waals surface area contributed by atoms with Crippen LogP contribution in [0.5, 0.6) is 11.5 Å². The average molecular weight is 377 g/mol. The van der Waals surface area contributed by atoms with Crippen LogP contribution >= 0.6 is 0 Å². The predicted molar refractivity (Wildman–Crippen MR) is 106 cm³/mol. The first-order valence-corrected chi connectivity index (χ1v) is 8.67. The van der Waals surface area contributed by atoms with Gasteiger partial charge in [-0.15, -0.1) is 10.2 Å². The van der Waals surface area contributed by atoms with Crippen LogP contribution in [0.1, 0.15) is 21.5 Å². The molecular formula is C20H19N5O3. The maximum absolute atomic E-state index is 12.6. The maximum atomic E-state index is 12.6. The number of hydrogen-bond donors (Lipinski definition) is 2. The van der Waals surface area contributed by atoms with Gasteiger partial charge in [-0.3, -0.25) is 10.1 Å². The Morgan fingerprint density at radius 2 is 1.82 bits per heavy atom. The number of methoxy groups -OCH3 is 2. The first-order chi connectivity index (χ1) is 13.5. The molecule has 8 heteroatoms. The Labute approximate surface area is 160 Å². The fourth-order valence-electron chi connectivity index (χ4n) is 3.24. The number of hydrogen-bond acceptors (Lipinski definition) is 6. The number of aromatic nitrogens is 4. The zero-order valence-corrected chi connectivity index (χ0v) is 16.0. The summed E-state index contributed by atoms with van der Waals surface area (Å²) in [6.07, 6.45) is 0. The molecule has 0 bridgehead atoms. The number of H-pyrrole nitrogens is 1. The second-order valence-electron chi connectivity index (χ2n) is 6.49. The van der Waals surface area contributed by atoms with E-state index in [1.807, 2.05) is 19.9 Å². The molecule has 0 saturated heterocycles. The van der Waals surface area contributed by atoms with Gasteiger partial charge in [0.25, 0.3) is 11.9 Å². The van der Waals surface area contributed by atoms with Crippen molar-refractivity contribution >= 4 is 33.9 Å². The molecule has 1 amide bonds. The van der Waals surface area contributed by atoms with E-state index in [9.17, 15) is 4.79 Å². The minimum atomic E-state index is -0.370. The molecule has 2 N–H and O–H groups in total. The molecule has 0 aliphatic rings. The Kier molecular flexibility index (Phi) is 4.31. The summed E-state index contributed by atoms with van der Waals surface area (Å²) in [5.74, 6) is 0.756. The summed E-state index contributed by atoms with van der Waals surface area (Å²) < 4.78 is 10.4. The average Bonchev–Trinajstić information content (AvgIpc) is 3.05. The van der Waals surface area contributed by atoms with Crippen LogP contribution in [-0.4, -0.2) is 40.3 Å². The fraction of sp³-hybridized carbons (Fsp3) is 0.200. The molecular weight excluding hydrogens is 358 g/mol. The van der Waals surface area contributed by atoms with Gasteiger partial charge in [-0.2, -0.15) is 4.98 Å². The van der Waals surface area contributed by atoms with E-state index in [0.717, 1.165) is 22.0 Å². The molecule has 0 saturated carbocycles. The molecule has 28 heavy (non-hydrogen) atoms. The lowest BCUT2D eigenvalue weighted by atomic mass is 10.1. The molecule has 0 atom stereocenters. The summed E-state index contributed by atoms with van der Waals surface area (Å²) in [5, 5.41) is 12.0. The normalized spacial score (nSPS) is 11.0. The van der Waals surface area contributed by atoms with Crippen molar-refractivity contribution in [3.63, 3.8) is 0 Å². The number of aromatic amines is 1. The highest BCUT2D eigenvalue weighted by Crippen LogP contribution is 2.28. The van der Waals surface area contributed by atoms with Crippen LogP contribution in [0.3, 0.4) is 0 Å². The van der Waals surface area contributed by atoms with Gasteiger partial charge in [0, 0.05) is 10.9 Å². The SMILES string of the molecule is COc1ccc(C(=O)Nc2nnc3c(n2)[nH]c2c(C)cc(C)cc23)cc1OC. The summed E-state index contributed by atoms with van der Waals surface area (Å²) in [4.78, 5) is 20.2. The van der Waals surface area contributed by atoms with Crippen molar-refractivity contribution < 1.29 is 14.3 Å². The molecule has 2 aromatic carbocycles. The Morgan fingerprint density at radius 3 is 2.57 bits per heavy atom. The first-order valence-electron chi connectivity index (χ1n) is 8.67. The van der Waals surface area contributed by atoms with Crippen molar-refractivity contribution in [1.29, 1.82) is 0 Å². The summed E-state index contributed by atoms with van der Waals surface area (Å²) >= 11 is 0. The van der Waals surface area contributed by atoms with Crippen molar-refractivity contribution in [3.8, 4) is 11.5 Å². The van der Waals surface area contributed by atoms with E-state index in [1.54, 1.807) is 18.2 Å². The van der Waals surface area contributed by atoms with Gasteiger partial charge in [-0.1, -0.05) is 11.6 Å². The molecule has 2 aromatic heterocycles. The van der Waals surface area contributed by atoms with Gasteiger partial charge in [0.05, 0.1) is 19.7 Å². The van der Waals surface area contributed by atoms with Crippen molar-refractivity contribution in [1.82, 2.24) is 20.2 Å².